The summed E-state index contributed by atoms with van der Waals surface area (Å²) in [4.78, 5) is 27.9. The zero-order valence-electron chi connectivity index (χ0n) is 18.3. The van der Waals surface area contributed by atoms with Gasteiger partial charge in [0.2, 0.25) is 5.91 Å². The number of aryl methyl sites for hydroxylation is 2. The first-order valence-corrected chi connectivity index (χ1v) is 10.9. The quantitative estimate of drug-likeness (QED) is 0.242. The molecule has 0 saturated heterocycles. The van der Waals surface area contributed by atoms with Crippen molar-refractivity contribution in [1.82, 2.24) is 10.4 Å². The number of anilines is 2. The summed E-state index contributed by atoms with van der Waals surface area (Å²) in [5.74, 6) is -0.107. The Kier molecular flexibility index (Phi) is 7.52. The smallest absolute Gasteiger partial charge is 0.292 e. The molecule has 0 radical (unpaired) electrons. The minimum atomic E-state index is -0.443. The Morgan fingerprint density at radius 2 is 2.06 bits per heavy atom. The van der Waals surface area contributed by atoms with Crippen LogP contribution < -0.4 is 10.7 Å². The van der Waals surface area contributed by atoms with Crippen LogP contribution in [0.2, 0.25) is 0 Å². The summed E-state index contributed by atoms with van der Waals surface area (Å²) in [6.45, 7) is 5.30. The molecule has 9 nitrogen and oxygen atoms in total. The van der Waals surface area contributed by atoms with E-state index in [4.69, 9.17) is 0 Å². The van der Waals surface area contributed by atoms with E-state index in [1.54, 1.807) is 63.3 Å². The Morgan fingerprint density at radius 3 is 2.76 bits per heavy atom. The summed E-state index contributed by atoms with van der Waals surface area (Å²) < 4.78 is 0. The number of rotatable bonds is 8. The van der Waals surface area contributed by atoms with Crippen LogP contribution in [0.1, 0.15) is 35.0 Å². The summed E-state index contributed by atoms with van der Waals surface area (Å²) in [6.07, 6.45) is 3.75. The topological polar surface area (TPSA) is 130 Å². The van der Waals surface area contributed by atoms with Crippen LogP contribution in [0.25, 0.3) is 6.08 Å². The number of aromatic hydroxyl groups is 1. The van der Waals surface area contributed by atoms with E-state index in [1.165, 1.54) is 17.4 Å². The Hall–Kier alpha value is -4.05. The van der Waals surface area contributed by atoms with E-state index < -0.39 is 4.92 Å². The van der Waals surface area contributed by atoms with Gasteiger partial charge in [-0.3, -0.25) is 14.9 Å². The van der Waals surface area contributed by atoms with Gasteiger partial charge in [0, 0.05) is 12.5 Å². The number of carbonyl (C=O) groups excluding carboxylic acids is 1. The van der Waals surface area contributed by atoms with Crippen molar-refractivity contribution in [1.29, 1.82) is 0 Å². The molecule has 1 heterocycles. The maximum atomic E-state index is 11.8. The van der Waals surface area contributed by atoms with Crippen molar-refractivity contribution in [3.8, 4) is 5.75 Å². The van der Waals surface area contributed by atoms with Crippen LogP contribution in [-0.2, 0) is 4.79 Å². The van der Waals surface area contributed by atoms with Crippen LogP contribution in [0.15, 0.2) is 53.6 Å². The number of amides is 1. The van der Waals surface area contributed by atoms with Crippen molar-refractivity contribution in [2.45, 2.75) is 27.2 Å². The average molecular weight is 466 g/mol. The molecule has 0 aliphatic heterocycles. The van der Waals surface area contributed by atoms with Gasteiger partial charge in [0.05, 0.1) is 15.5 Å². The normalized spacial score (nSPS) is 11.5. The van der Waals surface area contributed by atoms with Gasteiger partial charge in [-0.1, -0.05) is 42.5 Å². The van der Waals surface area contributed by atoms with Gasteiger partial charge >= 0.3 is 0 Å². The molecule has 3 N–H and O–H groups in total. The van der Waals surface area contributed by atoms with E-state index in [9.17, 15) is 20.0 Å². The molecule has 2 aromatic carbocycles. The fourth-order valence-electron chi connectivity index (χ4n) is 2.87. The summed E-state index contributed by atoms with van der Waals surface area (Å²) >= 11 is 1.26. The van der Waals surface area contributed by atoms with Crippen molar-refractivity contribution >= 4 is 45.5 Å². The molecule has 0 spiro atoms. The number of phenolic OH excluding ortho intramolecular Hbond substituents is 1. The second-order valence-electron chi connectivity index (χ2n) is 7.15. The number of nitro benzene ring substituents is 1. The lowest BCUT2D eigenvalue weighted by atomic mass is 10.1. The summed E-state index contributed by atoms with van der Waals surface area (Å²) in [5, 5.41) is 28.8. The lowest BCUT2D eigenvalue weighted by molar-refractivity contribution is -0.384. The fourth-order valence-corrected chi connectivity index (χ4v) is 3.82. The molecule has 33 heavy (non-hydrogen) atoms. The molecule has 3 rings (SSSR count). The van der Waals surface area contributed by atoms with Crippen LogP contribution >= 0.6 is 11.3 Å². The van der Waals surface area contributed by atoms with Crippen molar-refractivity contribution in [3.05, 3.63) is 80.4 Å². The number of carbonyl (C=O) groups is 1. The first-order chi connectivity index (χ1) is 15.8. The molecule has 0 aliphatic carbocycles. The molecule has 170 valence electrons. The molecule has 3 aromatic rings. The van der Waals surface area contributed by atoms with Gasteiger partial charge < -0.3 is 10.4 Å². The molecule has 0 saturated carbocycles. The molecule has 0 fully saturated rings. The van der Waals surface area contributed by atoms with E-state index in [2.05, 4.69) is 20.8 Å². The molecular formula is C23H23N5O4S. The van der Waals surface area contributed by atoms with Crippen molar-refractivity contribution in [3.63, 3.8) is 0 Å². The van der Waals surface area contributed by atoms with Crippen molar-refractivity contribution in [2.24, 2.45) is 5.10 Å². The number of aromatic nitrogens is 1. The number of hydrazone groups is 1. The lowest BCUT2D eigenvalue weighted by Gasteiger charge is -2.04. The molecule has 0 atom stereocenters. The highest BCUT2D eigenvalue weighted by Gasteiger charge is 2.18. The maximum absolute atomic E-state index is 11.8. The van der Waals surface area contributed by atoms with E-state index >= 15 is 0 Å². The minimum absolute atomic E-state index is 0.0442. The molecule has 0 aliphatic rings. The standard InChI is InChI=1S/C23H23N5O4S/c1-4-21(30)27-26-19(11-9-16-6-5-7-17(29)13-16)22-15(3)24-23(33-22)25-18-10-8-14(2)12-20(18)28(31)32/h5-13,29H,4H2,1-3H3,(H,24,25)(H,27,30)/b11-9?,26-19+. The van der Waals surface area contributed by atoms with E-state index in [1.807, 2.05) is 6.07 Å². The molecule has 1 amide bonds. The first-order valence-electron chi connectivity index (χ1n) is 10.1. The molecule has 0 bridgehead atoms. The number of benzene rings is 2. The second kappa shape index (κ2) is 10.5. The van der Waals surface area contributed by atoms with Gasteiger partial charge in [0.15, 0.2) is 5.13 Å². The SMILES string of the molecule is CCC(=O)N/N=C(\C=Cc1cccc(O)c1)c1sc(Nc2ccc(C)cc2[N+](=O)[O-])nc1C. The number of nitrogens with one attached hydrogen (secondary N) is 2. The Balaban J connectivity index is 1.95. The largest absolute Gasteiger partial charge is 0.508 e. The molecule has 10 heteroatoms. The molecule has 0 unspecified atom stereocenters. The minimum Gasteiger partial charge on any atom is -0.508 e. The Bertz CT molecular complexity index is 1250. The Labute approximate surface area is 194 Å². The van der Waals surface area contributed by atoms with E-state index in [-0.39, 0.29) is 23.8 Å². The lowest BCUT2D eigenvalue weighted by Crippen LogP contribution is -2.18. The van der Waals surface area contributed by atoms with Crippen LogP contribution in [0.5, 0.6) is 5.75 Å². The highest BCUT2D eigenvalue weighted by atomic mass is 32.1. The van der Waals surface area contributed by atoms with Gasteiger partial charge in [-0.25, -0.2) is 10.4 Å². The number of hydrogen-bond donors (Lipinski definition) is 3. The van der Waals surface area contributed by atoms with E-state index in [0.717, 1.165) is 11.1 Å². The fraction of sp³-hybridized carbons (Fsp3) is 0.174. The monoisotopic (exact) mass is 465 g/mol. The number of phenols is 1. The van der Waals surface area contributed by atoms with Crippen LogP contribution in [0, 0.1) is 24.0 Å². The number of hydrogen-bond acceptors (Lipinski definition) is 8. The van der Waals surface area contributed by atoms with Gasteiger partial charge in [0.25, 0.3) is 5.69 Å². The highest BCUT2D eigenvalue weighted by Crippen LogP contribution is 2.32. The van der Waals surface area contributed by atoms with Crippen LogP contribution in [0.4, 0.5) is 16.5 Å². The third kappa shape index (κ3) is 6.23. The zero-order chi connectivity index (χ0) is 24.0. The number of nitrogens with zero attached hydrogens (tertiary/aromatic N) is 3. The van der Waals surface area contributed by atoms with Crippen molar-refractivity contribution < 1.29 is 14.8 Å². The van der Waals surface area contributed by atoms with Crippen molar-refractivity contribution in [2.75, 3.05) is 5.32 Å². The van der Waals surface area contributed by atoms with Gasteiger partial charge in [-0.2, -0.15) is 5.10 Å². The molecular weight excluding hydrogens is 442 g/mol. The van der Waals surface area contributed by atoms with Crippen LogP contribution in [-0.4, -0.2) is 26.6 Å². The van der Waals surface area contributed by atoms with Gasteiger partial charge in [-0.05, 0) is 49.2 Å². The second-order valence-corrected chi connectivity index (χ2v) is 8.15. The third-order valence-corrected chi connectivity index (χ3v) is 5.64. The summed E-state index contributed by atoms with van der Waals surface area (Å²) in [6, 6.07) is 11.6. The van der Waals surface area contributed by atoms with Gasteiger partial charge in [0.1, 0.15) is 17.1 Å². The predicted octanol–water partition coefficient (Wildman–Crippen LogP) is 5.06. The number of thiazole rings is 1. The average Bonchev–Trinajstić information content (AvgIpc) is 3.14. The number of allylic oxidation sites excluding steroid dienone is 1. The predicted molar refractivity (Wildman–Crippen MR) is 130 cm³/mol. The summed E-state index contributed by atoms with van der Waals surface area (Å²) in [5.41, 5.74) is 5.43. The van der Waals surface area contributed by atoms with Gasteiger partial charge in [-0.15, -0.1) is 0 Å². The number of nitro groups is 1. The summed E-state index contributed by atoms with van der Waals surface area (Å²) in [7, 11) is 0. The third-order valence-electron chi connectivity index (χ3n) is 4.55. The first kappa shape index (κ1) is 23.6. The zero-order valence-corrected chi connectivity index (χ0v) is 19.1. The maximum Gasteiger partial charge on any atom is 0.292 e. The Morgan fingerprint density at radius 1 is 1.27 bits per heavy atom. The highest BCUT2D eigenvalue weighted by molar-refractivity contribution is 7.17. The molecule has 1 aromatic heterocycles. The van der Waals surface area contributed by atoms with E-state index in [0.29, 0.717) is 27.1 Å². The van der Waals surface area contributed by atoms with Crippen LogP contribution in [0.3, 0.4) is 0 Å².